The van der Waals surface area contributed by atoms with Gasteiger partial charge in [0.1, 0.15) is 0 Å². The summed E-state index contributed by atoms with van der Waals surface area (Å²) in [5.41, 5.74) is 0.391. The third kappa shape index (κ3) is 3.05. The Hall–Kier alpha value is -1.94. The monoisotopic (exact) mass is 286 g/mol. The third-order valence-corrected chi connectivity index (χ3v) is 4.04. The van der Waals surface area contributed by atoms with Crippen molar-refractivity contribution in [3.8, 4) is 0 Å². The Morgan fingerprint density at radius 3 is 2.43 bits per heavy atom. The molecule has 0 saturated heterocycles. The lowest BCUT2D eigenvalue weighted by Gasteiger charge is -2.38. The van der Waals surface area contributed by atoms with E-state index in [1.807, 2.05) is 31.2 Å². The fourth-order valence-corrected chi connectivity index (χ4v) is 2.00. The van der Waals surface area contributed by atoms with Crippen LogP contribution < -0.4 is 5.32 Å². The van der Waals surface area contributed by atoms with Crippen molar-refractivity contribution in [2.45, 2.75) is 45.8 Å². The molecule has 1 aromatic carbocycles. The van der Waals surface area contributed by atoms with Crippen LogP contribution in [0.5, 0.6) is 0 Å². The quantitative estimate of drug-likeness (QED) is 0.912. The van der Waals surface area contributed by atoms with Crippen molar-refractivity contribution in [2.75, 3.05) is 0 Å². The Labute approximate surface area is 125 Å². The van der Waals surface area contributed by atoms with Crippen LogP contribution >= 0.6 is 0 Å². The van der Waals surface area contributed by atoms with Crippen molar-refractivity contribution in [3.63, 3.8) is 0 Å². The molecule has 0 unspecified atom stereocenters. The molecule has 0 aliphatic rings. The number of fused-ring (bicyclic) bond motifs is 1. The maximum Gasteiger partial charge on any atom is 0.252 e. The van der Waals surface area contributed by atoms with Gasteiger partial charge in [-0.05, 0) is 46.8 Å². The molecule has 4 nitrogen and oxygen atoms in total. The molecule has 0 saturated carbocycles. The first-order valence-corrected chi connectivity index (χ1v) is 7.03. The second kappa shape index (κ2) is 5.11. The molecule has 2 N–H and O–H groups in total. The number of hydrogen-bond donors (Lipinski definition) is 2. The van der Waals surface area contributed by atoms with Gasteiger partial charge in [-0.3, -0.25) is 9.78 Å². The first-order chi connectivity index (χ1) is 9.62. The average Bonchev–Trinajstić information content (AvgIpc) is 2.35. The number of aromatic nitrogens is 1. The van der Waals surface area contributed by atoms with Crippen LogP contribution in [0.1, 0.15) is 43.7 Å². The summed E-state index contributed by atoms with van der Waals surface area (Å²) in [6, 6.07) is 9.33. The Morgan fingerprint density at radius 2 is 1.81 bits per heavy atom. The van der Waals surface area contributed by atoms with E-state index in [9.17, 15) is 9.90 Å². The summed E-state index contributed by atoms with van der Waals surface area (Å²) in [5, 5.41) is 13.9. The summed E-state index contributed by atoms with van der Waals surface area (Å²) >= 11 is 0. The molecule has 112 valence electrons. The molecule has 2 rings (SSSR count). The number of nitrogens with one attached hydrogen (secondary N) is 1. The van der Waals surface area contributed by atoms with Crippen LogP contribution in [0, 0.1) is 6.92 Å². The molecular weight excluding hydrogens is 264 g/mol. The van der Waals surface area contributed by atoms with E-state index in [1.165, 1.54) is 0 Å². The third-order valence-electron chi connectivity index (χ3n) is 4.04. The standard InChI is InChI=1S/C17H22N2O2/c1-11-10-13(12-8-6-7-9-14(12)18-11)15(20)19-16(2,3)17(4,5)21/h6-10,21H,1-5H3,(H,19,20). The van der Waals surface area contributed by atoms with E-state index < -0.39 is 11.1 Å². The topological polar surface area (TPSA) is 62.2 Å². The molecule has 1 amide bonds. The Kier molecular flexibility index (Phi) is 3.76. The Morgan fingerprint density at radius 1 is 1.19 bits per heavy atom. The Bertz CT molecular complexity index is 685. The minimum absolute atomic E-state index is 0.205. The lowest BCUT2D eigenvalue weighted by Crippen LogP contribution is -2.57. The Balaban J connectivity index is 2.45. The molecule has 2 aromatic rings. The molecule has 0 aliphatic carbocycles. The number of hydrogen-bond acceptors (Lipinski definition) is 3. The number of aryl methyl sites for hydroxylation is 1. The molecule has 4 heteroatoms. The van der Waals surface area contributed by atoms with Crippen molar-refractivity contribution in [3.05, 3.63) is 41.6 Å². The van der Waals surface area contributed by atoms with Crippen LogP contribution in [0.25, 0.3) is 10.9 Å². The van der Waals surface area contributed by atoms with Crippen molar-refractivity contribution >= 4 is 16.8 Å². The largest absolute Gasteiger partial charge is 0.388 e. The number of aliphatic hydroxyl groups is 1. The molecule has 0 aliphatic heterocycles. The van der Waals surface area contributed by atoms with E-state index in [2.05, 4.69) is 10.3 Å². The molecule has 0 atom stereocenters. The van der Waals surface area contributed by atoms with Gasteiger partial charge in [-0.2, -0.15) is 0 Å². The van der Waals surface area contributed by atoms with E-state index in [-0.39, 0.29) is 5.91 Å². The molecular formula is C17H22N2O2. The molecule has 0 spiro atoms. The molecule has 0 radical (unpaired) electrons. The van der Waals surface area contributed by atoms with Crippen LogP contribution in [0.2, 0.25) is 0 Å². The summed E-state index contributed by atoms with van der Waals surface area (Å²) in [6.45, 7) is 8.85. The molecule has 1 heterocycles. The minimum atomic E-state index is -1.03. The number of nitrogens with zero attached hydrogens (tertiary/aromatic N) is 1. The van der Waals surface area contributed by atoms with E-state index in [1.54, 1.807) is 33.8 Å². The predicted molar refractivity (Wildman–Crippen MR) is 84.3 cm³/mol. The normalized spacial score (nSPS) is 12.5. The van der Waals surface area contributed by atoms with E-state index in [0.717, 1.165) is 16.6 Å². The van der Waals surface area contributed by atoms with Crippen LogP contribution in [0.15, 0.2) is 30.3 Å². The second-order valence-electron chi connectivity index (χ2n) is 6.47. The van der Waals surface area contributed by atoms with Crippen molar-refractivity contribution < 1.29 is 9.90 Å². The SMILES string of the molecule is Cc1cc(C(=O)NC(C)(C)C(C)(C)O)c2ccccc2n1. The first-order valence-electron chi connectivity index (χ1n) is 7.03. The van der Waals surface area contributed by atoms with Gasteiger partial charge in [0.2, 0.25) is 0 Å². The molecule has 0 bridgehead atoms. The van der Waals surface area contributed by atoms with Crippen LogP contribution in [-0.4, -0.2) is 27.1 Å². The summed E-state index contributed by atoms with van der Waals surface area (Å²) in [6.07, 6.45) is 0. The number of carbonyl (C=O) groups excluding carboxylic acids is 1. The van der Waals surface area contributed by atoms with Crippen LogP contribution in [0.4, 0.5) is 0 Å². The zero-order valence-electron chi connectivity index (χ0n) is 13.2. The summed E-state index contributed by atoms with van der Waals surface area (Å²) in [7, 11) is 0. The smallest absolute Gasteiger partial charge is 0.252 e. The van der Waals surface area contributed by atoms with Gasteiger partial charge in [-0.25, -0.2) is 0 Å². The van der Waals surface area contributed by atoms with Gasteiger partial charge in [0, 0.05) is 11.1 Å². The van der Waals surface area contributed by atoms with Gasteiger partial charge in [0.05, 0.1) is 22.2 Å². The van der Waals surface area contributed by atoms with Crippen LogP contribution in [0.3, 0.4) is 0 Å². The lowest BCUT2D eigenvalue weighted by atomic mass is 9.85. The van der Waals surface area contributed by atoms with E-state index >= 15 is 0 Å². The molecule has 1 aromatic heterocycles. The van der Waals surface area contributed by atoms with Gasteiger partial charge in [-0.15, -0.1) is 0 Å². The highest BCUT2D eigenvalue weighted by atomic mass is 16.3. The summed E-state index contributed by atoms with van der Waals surface area (Å²) in [4.78, 5) is 17.1. The predicted octanol–water partition coefficient (Wildman–Crippen LogP) is 2.82. The van der Waals surface area contributed by atoms with Gasteiger partial charge in [0.25, 0.3) is 5.91 Å². The van der Waals surface area contributed by atoms with Crippen LogP contribution in [-0.2, 0) is 0 Å². The van der Waals surface area contributed by atoms with E-state index in [0.29, 0.717) is 5.56 Å². The van der Waals surface area contributed by atoms with Gasteiger partial charge < -0.3 is 10.4 Å². The first kappa shape index (κ1) is 15.4. The van der Waals surface area contributed by atoms with Crippen molar-refractivity contribution in [1.82, 2.24) is 10.3 Å². The maximum absolute atomic E-state index is 12.6. The van der Waals surface area contributed by atoms with Crippen molar-refractivity contribution in [2.24, 2.45) is 0 Å². The summed E-state index contributed by atoms with van der Waals surface area (Å²) < 4.78 is 0. The number of para-hydroxylation sites is 1. The fourth-order valence-electron chi connectivity index (χ4n) is 2.00. The summed E-state index contributed by atoms with van der Waals surface area (Å²) in [5.74, 6) is -0.205. The highest BCUT2D eigenvalue weighted by Gasteiger charge is 2.36. The van der Waals surface area contributed by atoms with Gasteiger partial charge >= 0.3 is 0 Å². The lowest BCUT2D eigenvalue weighted by molar-refractivity contribution is -0.00289. The number of benzene rings is 1. The molecule has 0 fully saturated rings. The highest BCUT2D eigenvalue weighted by molar-refractivity contribution is 6.06. The average molecular weight is 286 g/mol. The molecule has 21 heavy (non-hydrogen) atoms. The highest BCUT2D eigenvalue weighted by Crippen LogP contribution is 2.23. The maximum atomic E-state index is 12.6. The number of carbonyl (C=O) groups is 1. The number of rotatable bonds is 3. The second-order valence-corrected chi connectivity index (χ2v) is 6.47. The zero-order valence-corrected chi connectivity index (χ0v) is 13.2. The number of amides is 1. The van der Waals surface area contributed by atoms with E-state index in [4.69, 9.17) is 0 Å². The zero-order chi connectivity index (χ0) is 15.8. The van der Waals surface area contributed by atoms with Gasteiger partial charge in [-0.1, -0.05) is 18.2 Å². The number of pyridine rings is 1. The fraction of sp³-hybridized carbons (Fsp3) is 0.412. The van der Waals surface area contributed by atoms with Gasteiger partial charge in [0.15, 0.2) is 0 Å². The van der Waals surface area contributed by atoms with Crippen molar-refractivity contribution in [1.29, 1.82) is 0 Å². The minimum Gasteiger partial charge on any atom is -0.388 e.